The second kappa shape index (κ2) is 16.9. The third-order valence-electron chi connectivity index (χ3n) is 8.92. The van der Waals surface area contributed by atoms with Gasteiger partial charge >= 0.3 is 22.2 Å². The predicted octanol–water partition coefficient (Wildman–Crippen LogP) is 5.89. The molecule has 13 heteroatoms. The number of alkyl halides is 2. The average Bonchev–Trinajstić information content (AvgIpc) is 2.95. The Kier molecular flexibility index (Phi) is 14.4. The number of fused-ring (bicyclic) bond motifs is 2. The van der Waals surface area contributed by atoms with Crippen LogP contribution in [0.5, 0.6) is 0 Å². The third-order valence-corrected chi connectivity index (χ3v) is 9.84. The molecule has 6 aliphatic rings. The predicted molar refractivity (Wildman–Crippen MR) is 159 cm³/mol. The fraction of sp³-hybridized carbons (Fsp3) is 0.786. The molecule has 236 valence electrons. The molecule has 1 saturated carbocycles. The van der Waals surface area contributed by atoms with Crippen molar-refractivity contribution in [2.24, 2.45) is 23.3 Å². The molecule has 10 unspecified atom stereocenters. The van der Waals surface area contributed by atoms with E-state index in [1.807, 2.05) is 18.2 Å². The topological polar surface area (TPSA) is 169 Å². The minimum Gasteiger partial charge on any atom is -0.661 e. The van der Waals surface area contributed by atoms with Gasteiger partial charge in [0.15, 0.2) is 0 Å². The largest absolute Gasteiger partial charge is 1.00 e. The molecule has 4 aliphatic heterocycles. The van der Waals surface area contributed by atoms with Crippen LogP contribution in [0.2, 0.25) is 0 Å². The number of nitrogens with two attached hydrogens (primary N) is 2. The van der Waals surface area contributed by atoms with Gasteiger partial charge in [-0.15, -0.1) is 48.4 Å². The molecule has 0 aromatic heterocycles. The molecule has 4 heterocycles. The summed E-state index contributed by atoms with van der Waals surface area (Å²) in [6, 6.07) is 1.19. The Morgan fingerprint density at radius 3 is 2.12 bits per heavy atom. The zero-order chi connectivity index (χ0) is 28.6. The molecule has 4 fully saturated rings. The fourth-order valence-electron chi connectivity index (χ4n) is 6.92. The van der Waals surface area contributed by atoms with Crippen LogP contribution >= 0.6 is 23.2 Å². The van der Waals surface area contributed by atoms with Gasteiger partial charge in [-0.3, -0.25) is 0 Å². The van der Waals surface area contributed by atoms with Crippen LogP contribution in [0.3, 0.4) is 0 Å². The Hall–Kier alpha value is -0.721. The van der Waals surface area contributed by atoms with Gasteiger partial charge in [-0.05, 0) is 29.4 Å². The van der Waals surface area contributed by atoms with E-state index in [9.17, 15) is 0 Å². The van der Waals surface area contributed by atoms with Crippen LogP contribution in [-0.2, 0) is 17.1 Å². The number of halogens is 2. The van der Waals surface area contributed by atoms with Crippen LogP contribution in [0.1, 0.15) is 64.2 Å². The number of rotatable bonds is 2. The molecular weight excluding hydrogens is 617 g/mol. The third kappa shape index (κ3) is 9.63. The van der Waals surface area contributed by atoms with Crippen molar-refractivity contribution >= 4 is 23.2 Å². The van der Waals surface area contributed by atoms with Crippen molar-refractivity contribution < 1.29 is 32.6 Å². The minimum absolute atomic E-state index is 0. The van der Waals surface area contributed by atoms with Gasteiger partial charge in [-0.25, -0.2) is 10.4 Å². The van der Waals surface area contributed by atoms with Crippen LogP contribution in [0.4, 0.5) is 0 Å². The minimum atomic E-state index is -1.25. The van der Waals surface area contributed by atoms with Crippen molar-refractivity contribution in [3.63, 3.8) is 0 Å². The number of nitrogens with zero attached hydrogens (tertiary/aromatic N) is 5. The van der Waals surface area contributed by atoms with Gasteiger partial charge in [0, 0.05) is 5.38 Å². The van der Waals surface area contributed by atoms with E-state index in [2.05, 4.69) is 16.7 Å². The van der Waals surface area contributed by atoms with Gasteiger partial charge < -0.3 is 32.7 Å². The molecule has 0 amide bonds. The molecule has 10 atom stereocenters. The van der Waals surface area contributed by atoms with E-state index in [0.29, 0.717) is 35.3 Å². The van der Waals surface area contributed by atoms with E-state index in [1.54, 1.807) is 0 Å². The zero-order valence-electron chi connectivity index (χ0n) is 23.3. The maximum Gasteiger partial charge on any atom is 1.00 e. The van der Waals surface area contributed by atoms with Crippen molar-refractivity contribution in [3.05, 3.63) is 61.6 Å². The summed E-state index contributed by atoms with van der Waals surface area (Å²) < 4.78 is 0. The van der Waals surface area contributed by atoms with Crippen molar-refractivity contribution in [2.75, 3.05) is 13.1 Å². The smallest absolute Gasteiger partial charge is 0.661 e. The maximum atomic E-state index is 8.47. The van der Waals surface area contributed by atoms with Crippen LogP contribution < -0.4 is 11.5 Å². The van der Waals surface area contributed by atoms with E-state index in [1.165, 1.54) is 44.9 Å². The molecule has 0 spiro atoms. The van der Waals surface area contributed by atoms with Crippen molar-refractivity contribution in [2.45, 2.75) is 111 Å². The van der Waals surface area contributed by atoms with E-state index >= 15 is 0 Å². The monoisotopic (exact) mass is 659 g/mol. The van der Waals surface area contributed by atoms with E-state index in [4.69, 9.17) is 60.6 Å². The first-order chi connectivity index (χ1) is 19.2. The van der Waals surface area contributed by atoms with Crippen LogP contribution in [-0.4, -0.2) is 75.8 Å². The van der Waals surface area contributed by atoms with Gasteiger partial charge in [0.1, 0.15) is 4.91 Å². The zero-order valence-corrected chi connectivity index (χ0v) is 25.8. The van der Waals surface area contributed by atoms with Crippen molar-refractivity contribution in [3.8, 4) is 0 Å². The molecule has 3 saturated heterocycles. The number of hydrogen-bond acceptors (Lipinski definition) is 3. The van der Waals surface area contributed by atoms with Gasteiger partial charge in [-0.2, -0.15) is 12.1 Å². The Bertz CT molecular complexity index is 926. The molecule has 10 nitrogen and oxygen atoms in total. The molecule has 41 heavy (non-hydrogen) atoms. The number of allylic oxidation sites excluding steroid dienone is 3. The first-order valence-corrected chi connectivity index (χ1v) is 15.6. The molecule has 6 N–H and O–H groups in total. The molecule has 0 aromatic rings. The van der Waals surface area contributed by atoms with Crippen molar-refractivity contribution in [1.29, 1.82) is 0 Å². The summed E-state index contributed by atoms with van der Waals surface area (Å²) in [6.07, 6.45) is 19.9. The summed E-state index contributed by atoms with van der Waals surface area (Å²) in [5.74, 6) is 1.11. The first kappa shape index (κ1) is 34.8. The molecular formula is C28H44Cl2CuN7O3-2. The molecule has 6 rings (SSSR count). The Balaban J connectivity index is 0.000000196. The van der Waals surface area contributed by atoms with Crippen LogP contribution in [0.25, 0.3) is 21.3 Å². The Morgan fingerprint density at radius 1 is 0.829 bits per heavy atom. The van der Waals surface area contributed by atoms with E-state index < -0.39 is 5.09 Å². The second-order valence-corrected chi connectivity index (χ2v) is 12.6. The first-order valence-electron chi connectivity index (χ1n) is 14.7. The van der Waals surface area contributed by atoms with Crippen LogP contribution in [0, 0.1) is 16.7 Å². The fourth-order valence-corrected chi connectivity index (χ4v) is 7.64. The molecule has 0 bridgehead atoms. The van der Waals surface area contributed by atoms with Gasteiger partial charge in [0.05, 0.1) is 5.38 Å². The SMILES string of the molecule is NC1[N-]C(C2CCCC[N-]2)C=C2C1=CC=CC2Cl.NC1[N-]C(C2CCCC[N-]2)CC2C(Cl)CCCC12.O=[N+](O)O.[Cu+]. The number of piperidine rings is 3. The quantitative estimate of drug-likeness (QED) is 0.164. The Labute approximate surface area is 264 Å². The maximum absolute atomic E-state index is 8.47. The van der Waals surface area contributed by atoms with E-state index in [-0.39, 0.29) is 40.8 Å². The molecule has 2 aliphatic carbocycles. The average molecular weight is 661 g/mol. The summed E-state index contributed by atoms with van der Waals surface area (Å²) >= 11 is 12.9. The molecule has 0 aromatic carbocycles. The van der Waals surface area contributed by atoms with Crippen LogP contribution in [0.15, 0.2) is 35.5 Å². The van der Waals surface area contributed by atoms with Crippen molar-refractivity contribution in [1.82, 2.24) is 0 Å². The summed E-state index contributed by atoms with van der Waals surface area (Å²) in [7, 11) is 0. The van der Waals surface area contributed by atoms with E-state index in [0.717, 1.165) is 43.5 Å². The van der Waals surface area contributed by atoms with Gasteiger partial charge in [0.2, 0.25) is 0 Å². The summed E-state index contributed by atoms with van der Waals surface area (Å²) in [5.41, 5.74) is 14.6. The Morgan fingerprint density at radius 2 is 1.49 bits per heavy atom. The standard InChI is InChI=1S/C14H24ClN3.C14H18ClN3.Cu.H2NO3/c2*15-11-5-3-4-9-10(11)8-13(18-14(9)16)12-6-1-2-7-17-12;;2-1(3)4/h9-14H,1-8,16H2;3-5,8,11-14H,1-2,6-7,16H2;;(H2,2,3,4)/q2*-2;2*+1. The summed E-state index contributed by atoms with van der Waals surface area (Å²) in [4.78, 5) is 8.47. The second-order valence-electron chi connectivity index (χ2n) is 11.5. The summed E-state index contributed by atoms with van der Waals surface area (Å²) in [5, 5.41) is 31.7. The normalized spacial score (nSPS) is 39.9. The summed E-state index contributed by atoms with van der Waals surface area (Å²) in [6.45, 7) is 1.98. The molecule has 0 radical (unpaired) electrons. The van der Waals surface area contributed by atoms with Gasteiger partial charge in [0.25, 0.3) is 0 Å². The van der Waals surface area contributed by atoms with Gasteiger partial charge in [-0.1, -0.05) is 94.4 Å². The number of hydrogen-bond donors (Lipinski definition) is 4.